The number of hydrogen-bond donors (Lipinski definition) is 2. The number of carbonyl (C=O) groups excluding carboxylic acids is 1. The van der Waals surface area contributed by atoms with E-state index in [0.29, 0.717) is 29.4 Å². The molecule has 2 N–H and O–H groups in total. The van der Waals surface area contributed by atoms with Gasteiger partial charge in [-0.05, 0) is 38.7 Å². The van der Waals surface area contributed by atoms with Crippen LogP contribution in [-0.2, 0) is 4.74 Å². The van der Waals surface area contributed by atoms with Gasteiger partial charge in [0.15, 0.2) is 0 Å². The predicted octanol–water partition coefficient (Wildman–Crippen LogP) is 2.63. The van der Waals surface area contributed by atoms with E-state index in [1.165, 1.54) is 6.20 Å². The highest BCUT2D eigenvalue weighted by molar-refractivity contribution is 6.29. The molecular formula is C14H19ClN2O3. The Hall–Kier alpha value is -1.33. The summed E-state index contributed by atoms with van der Waals surface area (Å²) in [5.41, 5.74) is 0.985. The smallest absolute Gasteiger partial charge is 0.341 e. The van der Waals surface area contributed by atoms with Crippen LogP contribution in [-0.4, -0.2) is 34.8 Å². The van der Waals surface area contributed by atoms with Gasteiger partial charge in [-0.3, -0.25) is 0 Å². The summed E-state index contributed by atoms with van der Waals surface area (Å²) in [7, 11) is 0. The van der Waals surface area contributed by atoms with Crippen molar-refractivity contribution < 1.29 is 14.6 Å². The van der Waals surface area contributed by atoms with E-state index in [2.05, 4.69) is 10.3 Å². The lowest BCUT2D eigenvalue weighted by atomic mass is 9.93. The van der Waals surface area contributed by atoms with Gasteiger partial charge in [0.2, 0.25) is 0 Å². The van der Waals surface area contributed by atoms with Crippen molar-refractivity contribution in [2.45, 2.75) is 44.8 Å². The third kappa shape index (κ3) is 3.84. The quantitative estimate of drug-likeness (QED) is 0.660. The van der Waals surface area contributed by atoms with Crippen molar-refractivity contribution in [1.82, 2.24) is 4.98 Å². The number of nitrogens with one attached hydrogen (secondary N) is 1. The van der Waals surface area contributed by atoms with Gasteiger partial charge in [-0.25, -0.2) is 9.78 Å². The van der Waals surface area contributed by atoms with Crippen LogP contribution in [0.3, 0.4) is 0 Å². The van der Waals surface area contributed by atoms with E-state index in [1.54, 1.807) is 13.0 Å². The molecule has 0 amide bonds. The van der Waals surface area contributed by atoms with Gasteiger partial charge in [0, 0.05) is 12.2 Å². The Morgan fingerprint density at radius 2 is 2.40 bits per heavy atom. The fraction of sp³-hybridized carbons (Fsp3) is 0.571. The fourth-order valence-electron chi connectivity index (χ4n) is 2.44. The van der Waals surface area contributed by atoms with Crippen LogP contribution in [0.25, 0.3) is 0 Å². The van der Waals surface area contributed by atoms with E-state index < -0.39 is 5.97 Å². The summed E-state index contributed by atoms with van der Waals surface area (Å²) in [4.78, 5) is 15.8. The van der Waals surface area contributed by atoms with Gasteiger partial charge in [0.1, 0.15) is 10.7 Å². The minimum absolute atomic E-state index is 0.130. The topological polar surface area (TPSA) is 71.5 Å². The normalized spacial score (nSPS) is 22.4. The largest absolute Gasteiger partial charge is 0.462 e. The van der Waals surface area contributed by atoms with Gasteiger partial charge in [0.05, 0.1) is 18.4 Å². The molecule has 110 valence electrons. The number of hydrogen-bond acceptors (Lipinski definition) is 5. The molecule has 1 fully saturated rings. The zero-order chi connectivity index (χ0) is 14.5. The van der Waals surface area contributed by atoms with Crippen LogP contribution >= 0.6 is 11.6 Å². The van der Waals surface area contributed by atoms with Crippen LogP contribution in [0, 0.1) is 0 Å². The molecule has 0 spiro atoms. The number of anilines is 1. The summed E-state index contributed by atoms with van der Waals surface area (Å²) in [6.07, 6.45) is 4.56. The molecule has 20 heavy (non-hydrogen) atoms. The van der Waals surface area contributed by atoms with Crippen molar-refractivity contribution in [2.24, 2.45) is 0 Å². The molecule has 1 aromatic heterocycles. The average Bonchev–Trinajstić information content (AvgIpc) is 2.39. The van der Waals surface area contributed by atoms with Gasteiger partial charge >= 0.3 is 5.97 Å². The van der Waals surface area contributed by atoms with Crippen molar-refractivity contribution in [1.29, 1.82) is 0 Å². The minimum Gasteiger partial charge on any atom is -0.462 e. The summed E-state index contributed by atoms with van der Waals surface area (Å²) >= 11 is 5.89. The first-order valence-corrected chi connectivity index (χ1v) is 7.25. The molecule has 6 heteroatoms. The molecule has 0 radical (unpaired) electrons. The molecule has 0 saturated heterocycles. The van der Waals surface area contributed by atoms with E-state index in [9.17, 15) is 9.90 Å². The first-order chi connectivity index (χ1) is 9.60. The Kier molecular flexibility index (Phi) is 5.20. The van der Waals surface area contributed by atoms with Gasteiger partial charge < -0.3 is 15.2 Å². The van der Waals surface area contributed by atoms with Crippen LogP contribution in [0.5, 0.6) is 0 Å². The zero-order valence-corrected chi connectivity index (χ0v) is 12.2. The molecule has 2 rings (SSSR count). The van der Waals surface area contributed by atoms with Crippen LogP contribution in [0.2, 0.25) is 5.15 Å². The zero-order valence-electron chi connectivity index (χ0n) is 11.4. The Morgan fingerprint density at radius 3 is 3.10 bits per heavy atom. The molecule has 1 aliphatic rings. The number of rotatable bonds is 4. The van der Waals surface area contributed by atoms with Gasteiger partial charge in [-0.1, -0.05) is 11.6 Å². The van der Waals surface area contributed by atoms with Crippen LogP contribution < -0.4 is 5.32 Å². The maximum atomic E-state index is 11.9. The van der Waals surface area contributed by atoms with Crippen LogP contribution in [0.15, 0.2) is 12.3 Å². The monoisotopic (exact) mass is 298 g/mol. The second kappa shape index (κ2) is 6.90. The lowest BCUT2D eigenvalue weighted by Gasteiger charge is -2.28. The van der Waals surface area contributed by atoms with Crippen molar-refractivity contribution in [3.05, 3.63) is 23.0 Å². The lowest BCUT2D eigenvalue weighted by molar-refractivity contribution is 0.0527. The Balaban J connectivity index is 2.16. The second-order valence-corrected chi connectivity index (χ2v) is 5.32. The van der Waals surface area contributed by atoms with E-state index in [4.69, 9.17) is 16.3 Å². The third-order valence-electron chi connectivity index (χ3n) is 3.37. The molecule has 2 unspecified atom stereocenters. The Morgan fingerprint density at radius 1 is 1.60 bits per heavy atom. The maximum absolute atomic E-state index is 11.9. The minimum atomic E-state index is -0.421. The van der Waals surface area contributed by atoms with E-state index in [0.717, 1.165) is 19.3 Å². The van der Waals surface area contributed by atoms with Crippen molar-refractivity contribution in [3.8, 4) is 0 Å². The summed E-state index contributed by atoms with van der Waals surface area (Å²) in [5, 5.41) is 13.3. The molecule has 0 aliphatic heterocycles. The number of esters is 1. The summed E-state index contributed by atoms with van der Waals surface area (Å²) in [6, 6.07) is 1.75. The molecule has 1 aliphatic carbocycles. The predicted molar refractivity (Wildman–Crippen MR) is 77.1 cm³/mol. The summed E-state index contributed by atoms with van der Waals surface area (Å²) < 4.78 is 5.01. The second-order valence-electron chi connectivity index (χ2n) is 4.93. The highest BCUT2D eigenvalue weighted by Crippen LogP contribution is 2.26. The number of aliphatic hydroxyl groups is 1. The number of aromatic nitrogens is 1. The number of pyridine rings is 1. The first-order valence-electron chi connectivity index (χ1n) is 6.87. The average molecular weight is 299 g/mol. The molecule has 0 bridgehead atoms. The van der Waals surface area contributed by atoms with Crippen molar-refractivity contribution >= 4 is 23.3 Å². The summed E-state index contributed by atoms with van der Waals surface area (Å²) in [6.45, 7) is 2.06. The van der Waals surface area contributed by atoms with Gasteiger partial charge in [0.25, 0.3) is 0 Å². The molecule has 5 nitrogen and oxygen atoms in total. The van der Waals surface area contributed by atoms with E-state index in [1.807, 2.05) is 0 Å². The Labute approximate surface area is 123 Å². The number of nitrogens with zero attached hydrogens (tertiary/aromatic N) is 1. The lowest BCUT2D eigenvalue weighted by Crippen LogP contribution is -2.30. The first kappa shape index (κ1) is 15.1. The SMILES string of the molecule is CCOC(=O)c1cnc(Cl)cc1NC1CCCC(O)C1. The van der Waals surface area contributed by atoms with Crippen LogP contribution in [0.4, 0.5) is 5.69 Å². The van der Waals surface area contributed by atoms with E-state index in [-0.39, 0.29) is 12.1 Å². The Bertz CT molecular complexity index is 481. The number of ether oxygens (including phenoxy) is 1. The van der Waals surface area contributed by atoms with Crippen molar-refractivity contribution in [3.63, 3.8) is 0 Å². The van der Waals surface area contributed by atoms with Crippen LogP contribution in [0.1, 0.15) is 43.0 Å². The highest BCUT2D eigenvalue weighted by atomic mass is 35.5. The maximum Gasteiger partial charge on any atom is 0.341 e. The number of carbonyl (C=O) groups is 1. The highest BCUT2D eigenvalue weighted by Gasteiger charge is 2.22. The fourth-order valence-corrected chi connectivity index (χ4v) is 2.59. The molecule has 0 aromatic carbocycles. The summed E-state index contributed by atoms with van der Waals surface area (Å²) in [5.74, 6) is -0.421. The van der Waals surface area contributed by atoms with Gasteiger partial charge in [-0.15, -0.1) is 0 Å². The number of halogens is 1. The molecular weight excluding hydrogens is 280 g/mol. The van der Waals surface area contributed by atoms with Crippen molar-refractivity contribution in [2.75, 3.05) is 11.9 Å². The molecule has 2 atom stereocenters. The molecule has 1 saturated carbocycles. The molecule has 1 heterocycles. The standard InChI is InChI=1S/C14H19ClN2O3/c1-2-20-14(19)11-8-16-13(15)7-12(11)17-9-4-3-5-10(18)6-9/h7-10,18H,2-6H2,1H3,(H,16,17). The van der Waals surface area contributed by atoms with E-state index >= 15 is 0 Å². The number of aliphatic hydroxyl groups excluding tert-OH is 1. The van der Waals surface area contributed by atoms with Gasteiger partial charge in [-0.2, -0.15) is 0 Å². The third-order valence-corrected chi connectivity index (χ3v) is 3.58. The molecule has 1 aromatic rings.